The molecule has 0 unspecified atom stereocenters. The monoisotopic (exact) mass is 494 g/mol. The number of aryl methyl sites for hydroxylation is 1. The number of carbonyl (C=O) groups excluding carboxylic acids is 2. The number of halogens is 2. The normalized spacial score (nSPS) is 11.8. The number of carbonyl (C=O) groups is 2. The number of ether oxygens (including phenoxy) is 2. The van der Waals surface area contributed by atoms with Crippen molar-refractivity contribution < 1.29 is 19.1 Å². The predicted octanol–water partition coefficient (Wildman–Crippen LogP) is 5.13. The zero-order valence-corrected chi connectivity index (χ0v) is 21.3. The maximum atomic E-state index is 13.3. The molecule has 2 rings (SSSR count). The maximum absolute atomic E-state index is 13.3. The van der Waals surface area contributed by atoms with Crippen LogP contribution in [0.5, 0.6) is 11.5 Å². The van der Waals surface area contributed by atoms with Gasteiger partial charge in [-0.2, -0.15) is 0 Å². The van der Waals surface area contributed by atoms with Gasteiger partial charge in [0.2, 0.25) is 11.8 Å². The fraction of sp³-hybridized carbons (Fsp3) is 0.440. The number of methoxy groups -OCH3 is 2. The van der Waals surface area contributed by atoms with Crippen LogP contribution in [0, 0.1) is 5.92 Å². The maximum Gasteiger partial charge on any atom is 0.242 e. The second-order valence-corrected chi connectivity index (χ2v) is 9.09. The van der Waals surface area contributed by atoms with Gasteiger partial charge in [-0.15, -0.1) is 0 Å². The van der Waals surface area contributed by atoms with Crippen LogP contribution in [-0.2, 0) is 22.6 Å². The van der Waals surface area contributed by atoms with Gasteiger partial charge in [-0.05, 0) is 54.7 Å². The third-order valence-corrected chi connectivity index (χ3v) is 6.00. The molecule has 0 aliphatic rings. The highest BCUT2D eigenvalue weighted by molar-refractivity contribution is 6.42. The van der Waals surface area contributed by atoms with E-state index in [4.69, 9.17) is 32.7 Å². The first kappa shape index (κ1) is 26.8. The Balaban J connectivity index is 2.19. The van der Waals surface area contributed by atoms with Gasteiger partial charge in [0.15, 0.2) is 11.5 Å². The first-order valence-electron chi connectivity index (χ1n) is 10.9. The molecule has 0 spiro atoms. The molecule has 2 aromatic carbocycles. The molecule has 0 fully saturated rings. The highest BCUT2D eigenvalue weighted by atomic mass is 35.5. The Labute approximate surface area is 206 Å². The lowest BCUT2D eigenvalue weighted by Crippen LogP contribution is -2.48. The van der Waals surface area contributed by atoms with Gasteiger partial charge in [0.05, 0.1) is 24.3 Å². The van der Waals surface area contributed by atoms with E-state index in [0.717, 1.165) is 11.1 Å². The van der Waals surface area contributed by atoms with E-state index in [9.17, 15) is 9.59 Å². The van der Waals surface area contributed by atoms with Gasteiger partial charge in [-0.3, -0.25) is 9.59 Å². The summed E-state index contributed by atoms with van der Waals surface area (Å²) in [6.45, 7) is 6.57. The molecule has 0 aliphatic heterocycles. The Morgan fingerprint density at radius 1 is 0.939 bits per heavy atom. The summed E-state index contributed by atoms with van der Waals surface area (Å²) >= 11 is 12.2. The molecule has 6 nitrogen and oxygen atoms in total. The van der Waals surface area contributed by atoms with Crippen molar-refractivity contribution in [3.8, 4) is 11.5 Å². The molecule has 0 radical (unpaired) electrons. The first-order valence-corrected chi connectivity index (χ1v) is 11.6. The van der Waals surface area contributed by atoms with Crippen molar-refractivity contribution in [3.05, 3.63) is 57.6 Å². The zero-order chi connectivity index (χ0) is 24.5. The fourth-order valence-electron chi connectivity index (χ4n) is 3.30. The molecule has 2 amide bonds. The molecule has 180 valence electrons. The molecule has 33 heavy (non-hydrogen) atoms. The minimum Gasteiger partial charge on any atom is -0.493 e. The average molecular weight is 495 g/mol. The van der Waals surface area contributed by atoms with E-state index in [2.05, 4.69) is 5.32 Å². The molecule has 0 saturated carbocycles. The van der Waals surface area contributed by atoms with Crippen LogP contribution < -0.4 is 14.8 Å². The lowest BCUT2D eigenvalue weighted by molar-refractivity contribution is -0.140. The van der Waals surface area contributed by atoms with Crippen molar-refractivity contribution in [2.24, 2.45) is 5.92 Å². The molecular weight excluding hydrogens is 463 g/mol. The molecule has 1 atom stereocenters. The minimum atomic E-state index is -0.642. The molecule has 0 saturated heterocycles. The number of rotatable bonds is 11. The van der Waals surface area contributed by atoms with Crippen molar-refractivity contribution in [1.82, 2.24) is 10.2 Å². The summed E-state index contributed by atoms with van der Waals surface area (Å²) < 4.78 is 10.6. The van der Waals surface area contributed by atoms with Crippen molar-refractivity contribution >= 4 is 35.0 Å². The molecule has 1 N–H and O–H groups in total. The number of nitrogens with zero attached hydrogens (tertiary/aromatic N) is 1. The van der Waals surface area contributed by atoms with Gasteiger partial charge in [-0.1, -0.05) is 49.2 Å². The average Bonchev–Trinajstić information content (AvgIpc) is 2.80. The molecule has 0 aromatic heterocycles. The van der Waals surface area contributed by atoms with E-state index >= 15 is 0 Å². The summed E-state index contributed by atoms with van der Waals surface area (Å²) in [6, 6.07) is 10.1. The quantitative estimate of drug-likeness (QED) is 0.469. The van der Waals surface area contributed by atoms with Crippen LogP contribution in [0.25, 0.3) is 0 Å². The largest absolute Gasteiger partial charge is 0.493 e. The minimum absolute atomic E-state index is 0.136. The topological polar surface area (TPSA) is 67.9 Å². The summed E-state index contributed by atoms with van der Waals surface area (Å²) in [5.74, 6) is 1.22. The van der Waals surface area contributed by atoms with Gasteiger partial charge in [-0.25, -0.2) is 0 Å². The lowest BCUT2D eigenvalue weighted by atomic mass is 10.1. The molecule has 0 bridgehead atoms. The van der Waals surface area contributed by atoms with Crippen LogP contribution in [0.15, 0.2) is 36.4 Å². The van der Waals surface area contributed by atoms with E-state index in [1.54, 1.807) is 38.2 Å². The van der Waals surface area contributed by atoms with Crippen LogP contribution >= 0.6 is 23.2 Å². The summed E-state index contributed by atoms with van der Waals surface area (Å²) in [7, 11) is 3.15. The molecule has 2 aromatic rings. The highest BCUT2D eigenvalue weighted by Crippen LogP contribution is 2.28. The third kappa shape index (κ3) is 7.83. The van der Waals surface area contributed by atoms with Crippen LogP contribution in [0.4, 0.5) is 0 Å². The zero-order valence-electron chi connectivity index (χ0n) is 19.8. The van der Waals surface area contributed by atoms with Crippen LogP contribution in [0.3, 0.4) is 0 Å². The standard InChI is InChI=1S/C25H32Cl2N2O4/c1-16(2)14-28-25(31)17(3)29(15-19-6-9-20(26)21(27)12-19)24(30)11-8-18-7-10-22(32-4)23(13-18)33-5/h6-7,9-10,12-13,16-17H,8,11,14-15H2,1-5H3,(H,28,31)/t17-/m1/s1. The fourth-order valence-corrected chi connectivity index (χ4v) is 3.62. The number of benzene rings is 2. The van der Waals surface area contributed by atoms with Crippen molar-refractivity contribution in [3.63, 3.8) is 0 Å². The Morgan fingerprint density at radius 3 is 2.21 bits per heavy atom. The van der Waals surface area contributed by atoms with Crippen molar-refractivity contribution in [2.45, 2.75) is 46.2 Å². The second-order valence-electron chi connectivity index (χ2n) is 8.27. The highest BCUT2D eigenvalue weighted by Gasteiger charge is 2.26. The summed E-state index contributed by atoms with van der Waals surface area (Å²) in [6.07, 6.45) is 0.732. The van der Waals surface area contributed by atoms with Crippen LogP contribution in [0.1, 0.15) is 38.3 Å². The Kier molecular flexibility index (Phi) is 10.3. The van der Waals surface area contributed by atoms with Crippen LogP contribution in [-0.4, -0.2) is 43.5 Å². The van der Waals surface area contributed by atoms with Gasteiger partial charge in [0.25, 0.3) is 0 Å². The molecule has 0 aliphatic carbocycles. The van der Waals surface area contributed by atoms with Crippen molar-refractivity contribution in [1.29, 1.82) is 0 Å². The first-order chi connectivity index (χ1) is 15.7. The molecule has 0 heterocycles. The van der Waals surface area contributed by atoms with E-state index in [-0.39, 0.29) is 24.8 Å². The van der Waals surface area contributed by atoms with Gasteiger partial charge in [0.1, 0.15) is 6.04 Å². The smallest absolute Gasteiger partial charge is 0.242 e. The summed E-state index contributed by atoms with van der Waals surface area (Å²) in [5, 5.41) is 3.76. The number of nitrogens with one attached hydrogen (secondary N) is 1. The summed E-state index contributed by atoms with van der Waals surface area (Å²) in [5.41, 5.74) is 1.74. The van der Waals surface area contributed by atoms with Gasteiger partial charge < -0.3 is 19.7 Å². The number of hydrogen-bond donors (Lipinski definition) is 1. The van der Waals surface area contributed by atoms with Crippen molar-refractivity contribution in [2.75, 3.05) is 20.8 Å². The van der Waals surface area contributed by atoms with E-state index < -0.39 is 6.04 Å². The van der Waals surface area contributed by atoms with E-state index in [0.29, 0.717) is 40.4 Å². The van der Waals surface area contributed by atoms with Crippen LogP contribution in [0.2, 0.25) is 10.0 Å². The number of amides is 2. The summed E-state index contributed by atoms with van der Waals surface area (Å²) in [4.78, 5) is 27.6. The Hall–Kier alpha value is -2.44. The SMILES string of the molecule is COc1ccc(CCC(=O)N(Cc2ccc(Cl)c(Cl)c2)[C@H](C)C(=O)NCC(C)C)cc1OC. The predicted molar refractivity (Wildman–Crippen MR) is 132 cm³/mol. The third-order valence-electron chi connectivity index (χ3n) is 5.26. The molecular formula is C25H32Cl2N2O4. The lowest BCUT2D eigenvalue weighted by Gasteiger charge is -2.29. The Bertz CT molecular complexity index is 965. The van der Waals surface area contributed by atoms with E-state index in [1.807, 2.05) is 38.1 Å². The Morgan fingerprint density at radius 2 is 1.61 bits per heavy atom. The number of hydrogen-bond acceptors (Lipinski definition) is 4. The van der Waals surface area contributed by atoms with Gasteiger partial charge >= 0.3 is 0 Å². The van der Waals surface area contributed by atoms with Gasteiger partial charge in [0, 0.05) is 19.5 Å². The molecule has 8 heteroatoms. The van der Waals surface area contributed by atoms with E-state index in [1.165, 1.54) is 0 Å². The second kappa shape index (κ2) is 12.7.